The molecule has 1 N–H and O–H groups in total. The third-order valence-electron chi connectivity index (χ3n) is 6.14. The Hall–Kier alpha value is -2.82. The number of aryl methyl sites for hydroxylation is 1. The first kappa shape index (κ1) is 26.8. The van der Waals surface area contributed by atoms with E-state index in [0.29, 0.717) is 28.6 Å². The molecule has 0 unspecified atom stereocenters. The lowest BCUT2D eigenvalue weighted by Crippen LogP contribution is -2.52. The van der Waals surface area contributed by atoms with Crippen LogP contribution in [0.3, 0.4) is 0 Å². The van der Waals surface area contributed by atoms with E-state index in [9.17, 15) is 9.59 Å². The number of carbonyl (C=O) groups excluding carboxylic acids is 2. The Morgan fingerprint density at radius 1 is 0.886 bits per heavy atom. The van der Waals surface area contributed by atoms with Crippen molar-refractivity contribution in [2.24, 2.45) is 0 Å². The topological polar surface area (TPSA) is 49.4 Å². The Bertz CT molecular complexity index is 1110. The molecular formula is C29H32Cl2N2O2. The van der Waals surface area contributed by atoms with Crippen LogP contribution in [0.5, 0.6) is 0 Å². The maximum atomic E-state index is 13.8. The lowest BCUT2D eigenvalue weighted by molar-refractivity contribution is -0.141. The van der Waals surface area contributed by atoms with Gasteiger partial charge in [-0.05, 0) is 49.1 Å². The third kappa shape index (κ3) is 7.58. The molecule has 6 heteroatoms. The summed E-state index contributed by atoms with van der Waals surface area (Å²) in [7, 11) is 0. The molecule has 3 aromatic carbocycles. The summed E-state index contributed by atoms with van der Waals surface area (Å²) in [5, 5.41) is 3.95. The van der Waals surface area contributed by atoms with Gasteiger partial charge in [-0.15, -0.1) is 0 Å². The van der Waals surface area contributed by atoms with Crippen LogP contribution in [-0.2, 0) is 29.0 Å². The van der Waals surface area contributed by atoms with Gasteiger partial charge in [0.05, 0.1) is 6.42 Å². The summed E-state index contributed by atoms with van der Waals surface area (Å²) in [6, 6.07) is 22.3. The number of rotatable bonds is 10. The number of carbonyl (C=O) groups is 2. The van der Waals surface area contributed by atoms with Crippen molar-refractivity contribution in [1.82, 2.24) is 10.2 Å². The molecule has 0 aliphatic carbocycles. The molecule has 184 valence electrons. The van der Waals surface area contributed by atoms with Gasteiger partial charge in [-0.1, -0.05) is 96.4 Å². The highest BCUT2D eigenvalue weighted by molar-refractivity contribution is 6.36. The van der Waals surface area contributed by atoms with Crippen molar-refractivity contribution in [2.75, 3.05) is 0 Å². The maximum absolute atomic E-state index is 13.8. The minimum atomic E-state index is -0.693. The van der Waals surface area contributed by atoms with Gasteiger partial charge in [0, 0.05) is 29.1 Å². The molecule has 0 spiro atoms. The van der Waals surface area contributed by atoms with Gasteiger partial charge in [-0.25, -0.2) is 0 Å². The van der Waals surface area contributed by atoms with Crippen LogP contribution >= 0.6 is 23.2 Å². The van der Waals surface area contributed by atoms with Crippen molar-refractivity contribution in [3.8, 4) is 0 Å². The first-order valence-electron chi connectivity index (χ1n) is 11.9. The maximum Gasteiger partial charge on any atom is 0.243 e. The van der Waals surface area contributed by atoms with Gasteiger partial charge >= 0.3 is 0 Å². The van der Waals surface area contributed by atoms with Crippen LogP contribution in [-0.4, -0.2) is 28.8 Å². The Kier molecular flexibility index (Phi) is 9.76. The van der Waals surface area contributed by atoms with Crippen LogP contribution in [0.2, 0.25) is 10.0 Å². The zero-order chi connectivity index (χ0) is 25.4. The first-order chi connectivity index (χ1) is 16.8. The number of hydrogen-bond acceptors (Lipinski definition) is 2. The number of nitrogens with zero attached hydrogens (tertiary/aromatic N) is 1. The summed E-state index contributed by atoms with van der Waals surface area (Å²) in [6.07, 6.45) is 1.20. The van der Waals surface area contributed by atoms with Crippen molar-refractivity contribution >= 4 is 35.0 Å². The number of amides is 2. The third-order valence-corrected chi connectivity index (χ3v) is 6.84. The average Bonchev–Trinajstić information content (AvgIpc) is 2.85. The van der Waals surface area contributed by atoms with Crippen molar-refractivity contribution < 1.29 is 9.59 Å². The van der Waals surface area contributed by atoms with Gasteiger partial charge in [0.1, 0.15) is 6.04 Å². The Balaban J connectivity index is 2.00. The number of hydrogen-bond donors (Lipinski definition) is 1. The molecule has 35 heavy (non-hydrogen) atoms. The summed E-state index contributed by atoms with van der Waals surface area (Å²) in [6.45, 7) is 6.30. The summed E-state index contributed by atoms with van der Waals surface area (Å²) in [5.41, 5.74) is 3.62. The lowest BCUT2D eigenvalue weighted by atomic mass is 10.0. The molecule has 0 heterocycles. The van der Waals surface area contributed by atoms with E-state index in [4.69, 9.17) is 23.2 Å². The van der Waals surface area contributed by atoms with E-state index in [2.05, 4.69) is 5.32 Å². The summed E-state index contributed by atoms with van der Waals surface area (Å²) < 4.78 is 0. The van der Waals surface area contributed by atoms with Crippen molar-refractivity contribution in [3.63, 3.8) is 0 Å². The van der Waals surface area contributed by atoms with Crippen LogP contribution < -0.4 is 5.32 Å². The minimum absolute atomic E-state index is 0.00453. The number of halogens is 2. The molecule has 2 atom stereocenters. The molecule has 4 nitrogen and oxygen atoms in total. The summed E-state index contributed by atoms with van der Waals surface area (Å²) in [5.74, 6) is -0.380. The van der Waals surface area contributed by atoms with E-state index >= 15 is 0 Å². The van der Waals surface area contributed by atoms with Gasteiger partial charge < -0.3 is 10.2 Å². The summed E-state index contributed by atoms with van der Waals surface area (Å²) in [4.78, 5) is 29.0. The van der Waals surface area contributed by atoms with E-state index in [1.165, 1.54) is 0 Å². The SMILES string of the molecule is CC[C@H](C)NC(=O)[C@H](Cc1ccccc1)N(Cc1ccc(C)cc1)C(=O)Cc1c(Cl)cccc1Cl. The zero-order valence-corrected chi connectivity index (χ0v) is 21.9. The van der Waals surface area contributed by atoms with Crippen LogP contribution in [0, 0.1) is 6.92 Å². The highest BCUT2D eigenvalue weighted by Crippen LogP contribution is 2.26. The molecule has 0 aliphatic rings. The highest BCUT2D eigenvalue weighted by Gasteiger charge is 2.31. The molecule has 3 rings (SSSR count). The second-order valence-electron chi connectivity index (χ2n) is 8.91. The fourth-order valence-corrected chi connectivity index (χ4v) is 4.37. The normalized spacial score (nSPS) is 12.6. The highest BCUT2D eigenvalue weighted by atomic mass is 35.5. The molecule has 3 aromatic rings. The molecule has 0 saturated heterocycles. The predicted molar refractivity (Wildman–Crippen MR) is 144 cm³/mol. The van der Waals surface area contributed by atoms with Crippen LogP contribution in [0.1, 0.15) is 42.5 Å². The van der Waals surface area contributed by atoms with Crippen LogP contribution in [0.4, 0.5) is 0 Å². The van der Waals surface area contributed by atoms with Crippen molar-refractivity contribution in [2.45, 2.75) is 58.7 Å². The lowest BCUT2D eigenvalue weighted by Gasteiger charge is -2.32. The minimum Gasteiger partial charge on any atom is -0.352 e. The zero-order valence-electron chi connectivity index (χ0n) is 20.4. The fraction of sp³-hybridized carbons (Fsp3) is 0.310. The Morgan fingerprint density at radius 3 is 2.11 bits per heavy atom. The first-order valence-corrected chi connectivity index (χ1v) is 12.7. The standard InChI is InChI=1S/C29H32Cl2N2O2/c1-4-21(3)32-29(35)27(17-22-9-6-5-7-10-22)33(19-23-15-13-20(2)14-16-23)28(34)18-24-25(30)11-8-12-26(24)31/h5-16,21,27H,4,17-19H2,1-3H3,(H,32,35)/t21-,27-/m0/s1. The molecule has 2 amide bonds. The number of nitrogens with one attached hydrogen (secondary N) is 1. The van der Waals surface area contributed by atoms with E-state index in [1.807, 2.05) is 75.4 Å². The van der Waals surface area contributed by atoms with Gasteiger partial charge in [0.15, 0.2) is 0 Å². The summed E-state index contributed by atoms with van der Waals surface area (Å²) >= 11 is 12.8. The van der Waals surface area contributed by atoms with E-state index in [-0.39, 0.29) is 24.3 Å². The van der Waals surface area contributed by atoms with Crippen molar-refractivity contribution in [3.05, 3.63) is 105 Å². The van der Waals surface area contributed by atoms with Gasteiger partial charge in [-0.2, -0.15) is 0 Å². The Labute approximate surface area is 218 Å². The second kappa shape index (κ2) is 12.8. The number of benzene rings is 3. The van der Waals surface area contributed by atoms with E-state index in [0.717, 1.165) is 23.1 Å². The average molecular weight is 511 g/mol. The fourth-order valence-electron chi connectivity index (χ4n) is 3.84. The van der Waals surface area contributed by atoms with Gasteiger partial charge in [-0.3, -0.25) is 9.59 Å². The molecule has 0 radical (unpaired) electrons. The van der Waals surface area contributed by atoms with Crippen LogP contribution in [0.25, 0.3) is 0 Å². The molecule has 0 fully saturated rings. The quantitative estimate of drug-likeness (QED) is 0.343. The second-order valence-corrected chi connectivity index (χ2v) is 9.72. The molecular weight excluding hydrogens is 479 g/mol. The molecule has 0 aromatic heterocycles. The van der Waals surface area contributed by atoms with Gasteiger partial charge in [0.25, 0.3) is 0 Å². The smallest absolute Gasteiger partial charge is 0.243 e. The van der Waals surface area contributed by atoms with E-state index in [1.54, 1.807) is 23.1 Å². The van der Waals surface area contributed by atoms with Gasteiger partial charge in [0.2, 0.25) is 11.8 Å². The molecule has 0 saturated carbocycles. The Morgan fingerprint density at radius 2 is 1.51 bits per heavy atom. The molecule has 0 aliphatic heterocycles. The monoisotopic (exact) mass is 510 g/mol. The predicted octanol–water partition coefficient (Wildman–Crippen LogP) is 6.40. The van der Waals surface area contributed by atoms with Crippen molar-refractivity contribution in [1.29, 1.82) is 0 Å². The van der Waals surface area contributed by atoms with E-state index < -0.39 is 6.04 Å². The van der Waals surface area contributed by atoms with Crippen LogP contribution in [0.15, 0.2) is 72.8 Å². The molecule has 0 bridgehead atoms. The largest absolute Gasteiger partial charge is 0.352 e.